The van der Waals surface area contributed by atoms with E-state index < -0.39 is 12.1 Å². The van der Waals surface area contributed by atoms with Crippen LogP contribution in [0.1, 0.15) is 11.1 Å². The molecule has 0 spiro atoms. The van der Waals surface area contributed by atoms with Crippen LogP contribution < -0.4 is 9.47 Å². The fraction of sp³-hybridized carbons (Fsp3) is 0.136. The van der Waals surface area contributed by atoms with Gasteiger partial charge >= 0.3 is 5.97 Å². The van der Waals surface area contributed by atoms with Crippen LogP contribution in [-0.2, 0) is 11.2 Å². The van der Waals surface area contributed by atoms with E-state index in [2.05, 4.69) is 0 Å². The smallest absolute Gasteiger partial charge is 0.345 e. The number of rotatable bonds is 7. The summed E-state index contributed by atoms with van der Waals surface area (Å²) in [5, 5.41) is 10.1. The van der Waals surface area contributed by atoms with Crippen molar-refractivity contribution in [2.24, 2.45) is 0 Å². The molecule has 0 saturated carbocycles. The number of aryl methyl sites for hydroxylation is 1. The summed E-state index contributed by atoms with van der Waals surface area (Å²) in [7, 11) is 0. The van der Waals surface area contributed by atoms with Gasteiger partial charge in [0.2, 0.25) is 0 Å². The summed E-state index contributed by atoms with van der Waals surface area (Å²) >= 11 is 6.12. The zero-order chi connectivity index (χ0) is 19.2. The molecule has 0 bridgehead atoms. The van der Waals surface area contributed by atoms with Crippen molar-refractivity contribution in [1.29, 1.82) is 0 Å². The summed E-state index contributed by atoms with van der Waals surface area (Å²) in [6.07, 6.45) is -0.948. The van der Waals surface area contributed by atoms with E-state index in [0.717, 1.165) is 5.56 Å². The molecule has 5 heteroatoms. The summed E-state index contributed by atoms with van der Waals surface area (Å²) in [6, 6.07) is 21.7. The van der Waals surface area contributed by atoms with E-state index in [4.69, 9.17) is 21.1 Å². The minimum Gasteiger partial charge on any atom is -0.478 e. The number of carbonyl (C=O) groups is 1. The Morgan fingerprint density at radius 1 is 1.00 bits per heavy atom. The molecular formula is C22H19ClO4. The Bertz CT molecular complexity index is 907. The minimum absolute atomic E-state index is 0.117. The third-order valence-corrected chi connectivity index (χ3v) is 4.21. The monoisotopic (exact) mass is 382 g/mol. The standard InChI is InChI=1S/C22H19ClO4/c1-15-7-10-19(11-8-15)27-21(22(24)25)14-16-13-17(23)9-12-20(16)26-18-5-3-2-4-6-18/h2-13,21H,14H2,1H3,(H,24,25)/t21-/m0/s1. The van der Waals surface area contributed by atoms with Gasteiger partial charge in [0.15, 0.2) is 6.10 Å². The van der Waals surface area contributed by atoms with Gasteiger partial charge in [-0.05, 0) is 49.4 Å². The molecule has 0 amide bonds. The molecule has 0 aliphatic rings. The summed E-state index contributed by atoms with van der Waals surface area (Å²) in [4.78, 5) is 11.7. The van der Waals surface area contributed by atoms with Crippen LogP contribution in [0.15, 0.2) is 72.8 Å². The van der Waals surface area contributed by atoms with Gasteiger partial charge in [-0.3, -0.25) is 0 Å². The van der Waals surface area contributed by atoms with Gasteiger partial charge in [0.05, 0.1) is 0 Å². The lowest BCUT2D eigenvalue weighted by molar-refractivity contribution is -0.145. The summed E-state index contributed by atoms with van der Waals surface area (Å²) < 4.78 is 11.6. The lowest BCUT2D eigenvalue weighted by atomic mass is 10.1. The maximum Gasteiger partial charge on any atom is 0.345 e. The van der Waals surface area contributed by atoms with Crippen LogP contribution in [0.3, 0.4) is 0 Å². The van der Waals surface area contributed by atoms with Crippen molar-refractivity contribution in [3.63, 3.8) is 0 Å². The van der Waals surface area contributed by atoms with Crippen LogP contribution >= 0.6 is 11.6 Å². The minimum atomic E-state index is -1.07. The third kappa shape index (κ3) is 5.25. The Balaban J connectivity index is 1.83. The van der Waals surface area contributed by atoms with Crippen molar-refractivity contribution < 1.29 is 19.4 Å². The first-order valence-corrected chi connectivity index (χ1v) is 8.86. The van der Waals surface area contributed by atoms with Crippen molar-refractivity contribution in [3.05, 3.63) is 88.9 Å². The highest BCUT2D eigenvalue weighted by molar-refractivity contribution is 6.30. The van der Waals surface area contributed by atoms with Crippen LogP contribution in [0, 0.1) is 6.92 Å². The lowest BCUT2D eigenvalue weighted by Gasteiger charge is -2.18. The van der Waals surface area contributed by atoms with Crippen molar-refractivity contribution >= 4 is 17.6 Å². The highest BCUT2D eigenvalue weighted by Gasteiger charge is 2.22. The molecule has 0 unspecified atom stereocenters. The Morgan fingerprint density at radius 3 is 2.37 bits per heavy atom. The van der Waals surface area contributed by atoms with E-state index in [0.29, 0.717) is 27.8 Å². The Morgan fingerprint density at radius 2 is 1.70 bits per heavy atom. The number of benzene rings is 3. The van der Waals surface area contributed by atoms with E-state index in [1.165, 1.54) is 0 Å². The van der Waals surface area contributed by atoms with Crippen LogP contribution in [0.4, 0.5) is 0 Å². The van der Waals surface area contributed by atoms with Crippen molar-refractivity contribution in [3.8, 4) is 17.2 Å². The molecule has 0 aromatic heterocycles. The molecule has 3 aromatic rings. The predicted molar refractivity (Wildman–Crippen MR) is 105 cm³/mol. The molecule has 4 nitrogen and oxygen atoms in total. The molecule has 3 rings (SSSR count). The number of carboxylic acids is 1. The van der Waals surface area contributed by atoms with Crippen molar-refractivity contribution in [1.82, 2.24) is 0 Å². The molecule has 0 heterocycles. The second kappa shape index (κ2) is 8.60. The first-order chi connectivity index (χ1) is 13.0. The molecule has 0 aliphatic heterocycles. The molecule has 1 N–H and O–H groups in total. The van der Waals surface area contributed by atoms with Crippen LogP contribution in [0.25, 0.3) is 0 Å². The van der Waals surface area contributed by atoms with Gasteiger partial charge in [-0.1, -0.05) is 47.5 Å². The van der Waals surface area contributed by atoms with Gasteiger partial charge in [0.25, 0.3) is 0 Å². The number of halogens is 1. The molecule has 27 heavy (non-hydrogen) atoms. The average Bonchev–Trinajstić information content (AvgIpc) is 2.66. The first-order valence-electron chi connectivity index (χ1n) is 8.49. The number of para-hydroxylation sites is 1. The number of aliphatic carboxylic acids is 1. The zero-order valence-corrected chi connectivity index (χ0v) is 15.5. The molecule has 138 valence electrons. The third-order valence-electron chi connectivity index (χ3n) is 3.97. The van der Waals surface area contributed by atoms with Gasteiger partial charge in [0, 0.05) is 17.0 Å². The normalized spacial score (nSPS) is 11.6. The summed E-state index contributed by atoms with van der Waals surface area (Å²) in [5.74, 6) is 0.651. The number of hydrogen-bond donors (Lipinski definition) is 1. The van der Waals surface area contributed by atoms with Crippen LogP contribution in [-0.4, -0.2) is 17.2 Å². The Kier molecular flexibility index (Phi) is 5.99. The highest BCUT2D eigenvalue weighted by Crippen LogP contribution is 2.29. The quantitative estimate of drug-likeness (QED) is 0.585. The Hall–Kier alpha value is -2.98. The molecule has 3 aromatic carbocycles. The highest BCUT2D eigenvalue weighted by atomic mass is 35.5. The van der Waals surface area contributed by atoms with Gasteiger partial charge in [-0.2, -0.15) is 0 Å². The molecule has 0 radical (unpaired) electrons. The molecule has 1 atom stereocenters. The van der Waals surface area contributed by atoms with Crippen molar-refractivity contribution in [2.45, 2.75) is 19.4 Å². The topological polar surface area (TPSA) is 55.8 Å². The zero-order valence-electron chi connectivity index (χ0n) is 14.8. The number of hydrogen-bond acceptors (Lipinski definition) is 3. The van der Waals surface area contributed by atoms with Gasteiger partial charge in [-0.25, -0.2) is 4.79 Å². The summed E-state index contributed by atoms with van der Waals surface area (Å²) in [6.45, 7) is 1.96. The summed E-state index contributed by atoms with van der Waals surface area (Å²) in [5.41, 5.74) is 1.73. The Labute approximate surface area is 162 Å². The van der Waals surface area contributed by atoms with Crippen LogP contribution in [0.5, 0.6) is 17.2 Å². The second-order valence-corrected chi connectivity index (χ2v) is 6.57. The van der Waals surface area contributed by atoms with E-state index in [1.807, 2.05) is 49.4 Å². The number of carboxylic acid groups (broad SMARTS) is 1. The van der Waals surface area contributed by atoms with E-state index >= 15 is 0 Å². The maximum atomic E-state index is 11.7. The molecule has 0 saturated heterocycles. The predicted octanol–water partition coefficient (Wildman–Crippen LogP) is 5.52. The van der Waals surface area contributed by atoms with Gasteiger partial charge in [-0.15, -0.1) is 0 Å². The molecule has 0 fully saturated rings. The largest absolute Gasteiger partial charge is 0.478 e. The number of ether oxygens (including phenoxy) is 2. The molecule has 0 aliphatic carbocycles. The second-order valence-electron chi connectivity index (χ2n) is 6.13. The first kappa shape index (κ1) is 18.8. The lowest BCUT2D eigenvalue weighted by Crippen LogP contribution is -2.29. The van der Waals surface area contributed by atoms with Crippen LogP contribution in [0.2, 0.25) is 5.02 Å². The maximum absolute atomic E-state index is 11.7. The van der Waals surface area contributed by atoms with Crippen molar-refractivity contribution in [2.75, 3.05) is 0 Å². The van der Waals surface area contributed by atoms with Gasteiger partial charge in [0.1, 0.15) is 17.2 Å². The average molecular weight is 383 g/mol. The molecular weight excluding hydrogens is 364 g/mol. The van der Waals surface area contributed by atoms with E-state index in [-0.39, 0.29) is 6.42 Å². The van der Waals surface area contributed by atoms with E-state index in [9.17, 15) is 9.90 Å². The van der Waals surface area contributed by atoms with E-state index in [1.54, 1.807) is 30.3 Å². The SMILES string of the molecule is Cc1ccc(O[C@@H](Cc2cc(Cl)ccc2Oc2ccccc2)C(=O)O)cc1. The van der Waals surface area contributed by atoms with Gasteiger partial charge < -0.3 is 14.6 Å². The fourth-order valence-electron chi connectivity index (χ4n) is 2.58. The fourth-order valence-corrected chi connectivity index (χ4v) is 2.78.